The smallest absolute Gasteiger partial charge is 0.0900 e. The SMILES string of the molecule is COCCCN(Cc1cc(C)ccc1C)C[C@@H](O)COC(C)(C)C. The van der Waals surface area contributed by atoms with E-state index < -0.39 is 6.10 Å². The molecule has 0 fully saturated rings. The van der Waals surface area contributed by atoms with E-state index in [1.807, 2.05) is 20.8 Å². The van der Waals surface area contributed by atoms with E-state index in [1.165, 1.54) is 16.7 Å². The van der Waals surface area contributed by atoms with E-state index in [0.29, 0.717) is 13.2 Å². The lowest BCUT2D eigenvalue weighted by atomic mass is 10.0. The van der Waals surface area contributed by atoms with Crippen LogP contribution in [0.15, 0.2) is 18.2 Å². The molecule has 0 aromatic heterocycles. The minimum absolute atomic E-state index is 0.227. The van der Waals surface area contributed by atoms with Crippen LogP contribution in [0.4, 0.5) is 0 Å². The molecule has 1 rings (SSSR count). The molecule has 24 heavy (non-hydrogen) atoms. The maximum atomic E-state index is 10.3. The standard InChI is InChI=1S/C20H35NO3/c1-16-8-9-17(2)18(12-16)13-21(10-7-11-23-6)14-19(22)15-24-20(3,4)5/h8-9,12,19,22H,7,10-11,13-15H2,1-6H3/t19-/m1/s1. The Balaban J connectivity index is 2.67. The zero-order valence-corrected chi connectivity index (χ0v) is 16.3. The molecule has 0 heterocycles. The highest BCUT2D eigenvalue weighted by Crippen LogP contribution is 2.15. The van der Waals surface area contributed by atoms with Crippen LogP contribution in [0.25, 0.3) is 0 Å². The lowest BCUT2D eigenvalue weighted by Crippen LogP contribution is -2.37. The number of ether oxygens (including phenoxy) is 2. The van der Waals surface area contributed by atoms with Gasteiger partial charge in [-0.25, -0.2) is 0 Å². The molecule has 0 aliphatic carbocycles. The number of aliphatic hydroxyl groups excluding tert-OH is 1. The molecule has 1 atom stereocenters. The fourth-order valence-electron chi connectivity index (χ4n) is 2.58. The predicted molar refractivity (Wildman–Crippen MR) is 99.4 cm³/mol. The first-order valence-electron chi connectivity index (χ1n) is 8.80. The Morgan fingerprint density at radius 2 is 1.92 bits per heavy atom. The van der Waals surface area contributed by atoms with Crippen molar-refractivity contribution in [2.75, 3.05) is 33.4 Å². The average Bonchev–Trinajstić information content (AvgIpc) is 2.48. The van der Waals surface area contributed by atoms with Gasteiger partial charge in [0.25, 0.3) is 0 Å². The van der Waals surface area contributed by atoms with Gasteiger partial charge in [0.15, 0.2) is 0 Å². The van der Waals surface area contributed by atoms with Crippen molar-refractivity contribution in [3.05, 3.63) is 34.9 Å². The van der Waals surface area contributed by atoms with Crippen molar-refractivity contribution >= 4 is 0 Å². The molecule has 0 spiro atoms. The van der Waals surface area contributed by atoms with Gasteiger partial charge in [-0.05, 0) is 52.2 Å². The number of rotatable bonds is 10. The fraction of sp³-hybridized carbons (Fsp3) is 0.700. The van der Waals surface area contributed by atoms with Gasteiger partial charge in [-0.15, -0.1) is 0 Å². The topological polar surface area (TPSA) is 41.9 Å². The number of nitrogens with zero attached hydrogens (tertiary/aromatic N) is 1. The first-order chi connectivity index (χ1) is 11.2. The van der Waals surface area contributed by atoms with E-state index in [1.54, 1.807) is 7.11 Å². The Labute approximate surface area is 147 Å². The zero-order valence-electron chi connectivity index (χ0n) is 16.3. The van der Waals surface area contributed by atoms with E-state index in [-0.39, 0.29) is 5.60 Å². The summed E-state index contributed by atoms with van der Waals surface area (Å²) >= 11 is 0. The summed E-state index contributed by atoms with van der Waals surface area (Å²) in [5.74, 6) is 0. The molecule has 0 radical (unpaired) electrons. The molecular formula is C20H35NO3. The summed E-state index contributed by atoms with van der Waals surface area (Å²) in [6.07, 6.45) is 0.464. The summed E-state index contributed by atoms with van der Waals surface area (Å²) < 4.78 is 10.9. The van der Waals surface area contributed by atoms with Gasteiger partial charge >= 0.3 is 0 Å². The first-order valence-corrected chi connectivity index (χ1v) is 8.80. The van der Waals surface area contributed by atoms with Crippen LogP contribution in [0, 0.1) is 13.8 Å². The lowest BCUT2D eigenvalue weighted by molar-refractivity contribution is -0.0569. The van der Waals surface area contributed by atoms with E-state index in [4.69, 9.17) is 9.47 Å². The lowest BCUT2D eigenvalue weighted by Gasteiger charge is -2.28. The molecule has 4 heteroatoms. The Morgan fingerprint density at radius 1 is 1.21 bits per heavy atom. The van der Waals surface area contributed by atoms with Crippen LogP contribution in [-0.2, 0) is 16.0 Å². The van der Waals surface area contributed by atoms with Gasteiger partial charge in [-0.1, -0.05) is 23.8 Å². The first kappa shape index (κ1) is 21.1. The monoisotopic (exact) mass is 337 g/mol. The van der Waals surface area contributed by atoms with Gasteiger partial charge < -0.3 is 14.6 Å². The molecule has 4 nitrogen and oxygen atoms in total. The van der Waals surface area contributed by atoms with Gasteiger partial charge in [0.05, 0.1) is 18.3 Å². The summed E-state index contributed by atoms with van der Waals surface area (Å²) in [7, 11) is 1.72. The highest BCUT2D eigenvalue weighted by molar-refractivity contribution is 5.30. The molecule has 0 saturated carbocycles. The Morgan fingerprint density at radius 3 is 2.54 bits per heavy atom. The molecule has 0 aliphatic heterocycles. The van der Waals surface area contributed by atoms with Gasteiger partial charge in [-0.2, -0.15) is 0 Å². The van der Waals surface area contributed by atoms with E-state index in [0.717, 1.165) is 26.1 Å². The average molecular weight is 338 g/mol. The van der Waals surface area contributed by atoms with Crippen molar-refractivity contribution in [1.29, 1.82) is 0 Å². The molecular weight excluding hydrogens is 302 g/mol. The summed E-state index contributed by atoms with van der Waals surface area (Å²) in [4.78, 5) is 2.29. The molecule has 1 aromatic rings. The van der Waals surface area contributed by atoms with Gasteiger partial charge in [0.2, 0.25) is 0 Å². The molecule has 138 valence electrons. The highest BCUT2D eigenvalue weighted by atomic mass is 16.5. The minimum atomic E-state index is -0.489. The fourth-order valence-corrected chi connectivity index (χ4v) is 2.58. The van der Waals surface area contributed by atoms with E-state index >= 15 is 0 Å². The van der Waals surface area contributed by atoms with Crippen LogP contribution >= 0.6 is 0 Å². The summed E-state index contributed by atoms with van der Waals surface area (Å²) in [5.41, 5.74) is 3.65. The maximum absolute atomic E-state index is 10.3. The molecule has 1 aromatic carbocycles. The van der Waals surface area contributed by atoms with E-state index in [9.17, 15) is 5.11 Å². The Kier molecular flexibility index (Phi) is 8.92. The quantitative estimate of drug-likeness (QED) is 0.665. The molecule has 0 saturated heterocycles. The Bertz CT molecular complexity index is 482. The van der Waals surface area contributed by atoms with Crippen molar-refractivity contribution in [3.63, 3.8) is 0 Å². The van der Waals surface area contributed by atoms with Gasteiger partial charge in [-0.3, -0.25) is 4.90 Å². The molecule has 0 unspecified atom stereocenters. The summed E-state index contributed by atoms with van der Waals surface area (Å²) in [6.45, 7) is 13.7. The molecule has 0 amide bonds. The van der Waals surface area contributed by atoms with Crippen molar-refractivity contribution < 1.29 is 14.6 Å². The van der Waals surface area contributed by atoms with Gasteiger partial charge in [0, 0.05) is 33.4 Å². The van der Waals surface area contributed by atoms with Crippen LogP contribution in [0.2, 0.25) is 0 Å². The number of methoxy groups -OCH3 is 1. The second kappa shape index (κ2) is 10.1. The van der Waals surface area contributed by atoms with Crippen LogP contribution in [-0.4, -0.2) is 55.1 Å². The molecule has 0 aliphatic rings. The van der Waals surface area contributed by atoms with Gasteiger partial charge in [0.1, 0.15) is 0 Å². The van der Waals surface area contributed by atoms with Crippen LogP contribution in [0.1, 0.15) is 43.9 Å². The summed E-state index contributed by atoms with van der Waals surface area (Å²) in [6, 6.07) is 6.54. The third-order valence-corrected chi connectivity index (χ3v) is 3.90. The molecule has 1 N–H and O–H groups in total. The number of aryl methyl sites for hydroxylation is 2. The molecule has 0 bridgehead atoms. The van der Waals surface area contributed by atoms with Crippen LogP contribution in [0.5, 0.6) is 0 Å². The van der Waals surface area contributed by atoms with Crippen molar-refractivity contribution in [3.8, 4) is 0 Å². The number of aliphatic hydroxyl groups is 1. The zero-order chi connectivity index (χ0) is 18.2. The largest absolute Gasteiger partial charge is 0.389 e. The third-order valence-electron chi connectivity index (χ3n) is 3.90. The van der Waals surface area contributed by atoms with E-state index in [2.05, 4.69) is 36.9 Å². The van der Waals surface area contributed by atoms with Crippen LogP contribution < -0.4 is 0 Å². The highest BCUT2D eigenvalue weighted by Gasteiger charge is 2.17. The number of benzene rings is 1. The second-order valence-electron chi connectivity index (χ2n) is 7.59. The van der Waals surface area contributed by atoms with Crippen molar-refractivity contribution in [2.45, 2.75) is 59.3 Å². The minimum Gasteiger partial charge on any atom is -0.389 e. The third kappa shape index (κ3) is 8.78. The van der Waals surface area contributed by atoms with Crippen molar-refractivity contribution in [1.82, 2.24) is 4.90 Å². The summed E-state index contributed by atoms with van der Waals surface area (Å²) in [5, 5.41) is 10.3. The number of hydrogen-bond donors (Lipinski definition) is 1. The Hall–Kier alpha value is -0.940. The maximum Gasteiger partial charge on any atom is 0.0900 e. The van der Waals surface area contributed by atoms with Crippen molar-refractivity contribution in [2.24, 2.45) is 0 Å². The van der Waals surface area contributed by atoms with Crippen LogP contribution in [0.3, 0.4) is 0 Å². The number of hydrogen-bond acceptors (Lipinski definition) is 4. The normalized spacial score (nSPS) is 13.5. The second-order valence-corrected chi connectivity index (χ2v) is 7.59. The predicted octanol–water partition coefficient (Wildman–Crippen LogP) is 3.32.